The number of benzene rings is 2. The van der Waals surface area contributed by atoms with Crippen LogP contribution in [0.2, 0.25) is 0 Å². The van der Waals surface area contributed by atoms with E-state index >= 15 is 0 Å². The molecular weight excluding hydrogens is 267 g/mol. The molecule has 4 heteroatoms. The molecule has 0 saturated heterocycles. The highest BCUT2D eigenvalue weighted by atomic mass is 19.1. The number of carbonyl (C=O) groups excluding carboxylic acids is 1. The van der Waals surface area contributed by atoms with Gasteiger partial charge in [0, 0.05) is 24.0 Å². The van der Waals surface area contributed by atoms with Gasteiger partial charge in [0.2, 0.25) is 0 Å². The number of nitrogens with one attached hydrogen (secondary N) is 2. The van der Waals surface area contributed by atoms with Gasteiger partial charge < -0.3 is 10.6 Å². The second kappa shape index (κ2) is 6.06. The van der Waals surface area contributed by atoms with Crippen molar-refractivity contribution < 1.29 is 9.18 Å². The predicted molar refractivity (Wildman–Crippen MR) is 81.8 cm³/mol. The first-order valence-corrected chi connectivity index (χ1v) is 7.10. The van der Waals surface area contributed by atoms with Crippen LogP contribution >= 0.6 is 0 Å². The topological polar surface area (TPSA) is 41.1 Å². The fourth-order valence-corrected chi connectivity index (χ4v) is 2.58. The van der Waals surface area contributed by atoms with Gasteiger partial charge in [-0.25, -0.2) is 4.39 Å². The molecule has 0 unspecified atom stereocenters. The van der Waals surface area contributed by atoms with Crippen molar-refractivity contribution in [3.8, 4) is 0 Å². The Morgan fingerprint density at radius 1 is 1.19 bits per heavy atom. The molecule has 0 saturated carbocycles. The highest BCUT2D eigenvalue weighted by Gasteiger charge is 2.12. The van der Waals surface area contributed by atoms with Crippen LogP contribution in [0.4, 0.5) is 4.39 Å². The fourth-order valence-electron chi connectivity index (χ4n) is 2.58. The molecule has 3 rings (SSSR count). The Kier molecular flexibility index (Phi) is 3.97. The van der Waals surface area contributed by atoms with Crippen LogP contribution in [-0.4, -0.2) is 25.5 Å². The van der Waals surface area contributed by atoms with Crippen molar-refractivity contribution in [2.75, 3.05) is 19.6 Å². The molecule has 2 N–H and O–H groups in total. The Morgan fingerprint density at radius 2 is 2.00 bits per heavy atom. The van der Waals surface area contributed by atoms with Crippen molar-refractivity contribution >= 4 is 16.7 Å². The number of carbonyl (C=O) groups is 1. The molecule has 1 heterocycles. The molecule has 108 valence electrons. The first-order chi connectivity index (χ1) is 10.3. The van der Waals surface area contributed by atoms with E-state index in [4.69, 9.17) is 0 Å². The summed E-state index contributed by atoms with van der Waals surface area (Å²) in [6, 6.07) is 9.94. The first kappa shape index (κ1) is 13.8. The molecule has 0 aliphatic carbocycles. The average Bonchev–Trinajstić information content (AvgIpc) is 2.54. The normalized spacial score (nSPS) is 14.8. The molecule has 2 aromatic carbocycles. The number of fused-ring (bicyclic) bond motifs is 1. The van der Waals surface area contributed by atoms with Crippen molar-refractivity contribution in [2.45, 2.75) is 6.42 Å². The lowest BCUT2D eigenvalue weighted by atomic mass is 10.0. The second-order valence-corrected chi connectivity index (χ2v) is 5.14. The van der Waals surface area contributed by atoms with E-state index in [1.807, 2.05) is 6.07 Å². The van der Waals surface area contributed by atoms with Crippen molar-refractivity contribution in [3.63, 3.8) is 0 Å². The molecule has 1 aliphatic rings. The van der Waals surface area contributed by atoms with E-state index < -0.39 is 0 Å². The number of rotatable bonds is 3. The second-order valence-electron chi connectivity index (χ2n) is 5.14. The maximum Gasteiger partial charge on any atom is 0.252 e. The fraction of sp³-hybridized carbons (Fsp3) is 0.235. The average molecular weight is 284 g/mol. The van der Waals surface area contributed by atoms with E-state index in [1.54, 1.807) is 24.3 Å². The van der Waals surface area contributed by atoms with Gasteiger partial charge >= 0.3 is 0 Å². The minimum Gasteiger partial charge on any atom is -0.348 e. The van der Waals surface area contributed by atoms with Crippen LogP contribution in [0.3, 0.4) is 0 Å². The van der Waals surface area contributed by atoms with Crippen molar-refractivity contribution in [3.05, 3.63) is 59.4 Å². The molecule has 3 nitrogen and oxygen atoms in total. The zero-order chi connectivity index (χ0) is 14.7. The molecule has 0 aromatic heterocycles. The van der Waals surface area contributed by atoms with Crippen LogP contribution in [0, 0.1) is 5.82 Å². The van der Waals surface area contributed by atoms with Crippen LogP contribution in [-0.2, 0) is 0 Å². The SMILES string of the molecule is O=C(NCC1=CCNCC1)c1ccc(F)c2ccccc12. The van der Waals surface area contributed by atoms with Gasteiger partial charge in [-0.2, -0.15) is 0 Å². The summed E-state index contributed by atoms with van der Waals surface area (Å²) in [5.41, 5.74) is 1.75. The van der Waals surface area contributed by atoms with Gasteiger partial charge in [-0.15, -0.1) is 0 Å². The van der Waals surface area contributed by atoms with Gasteiger partial charge in [0.05, 0.1) is 0 Å². The Labute approximate surface area is 122 Å². The first-order valence-electron chi connectivity index (χ1n) is 7.10. The Morgan fingerprint density at radius 3 is 2.76 bits per heavy atom. The van der Waals surface area contributed by atoms with Gasteiger partial charge in [-0.05, 0) is 30.5 Å². The number of hydrogen-bond acceptors (Lipinski definition) is 2. The number of halogens is 1. The minimum absolute atomic E-state index is 0.161. The largest absolute Gasteiger partial charge is 0.348 e. The van der Waals surface area contributed by atoms with E-state index in [9.17, 15) is 9.18 Å². The summed E-state index contributed by atoms with van der Waals surface area (Å²) in [6.07, 6.45) is 3.05. The summed E-state index contributed by atoms with van der Waals surface area (Å²) >= 11 is 0. The maximum atomic E-state index is 13.8. The summed E-state index contributed by atoms with van der Waals surface area (Å²) in [4.78, 5) is 12.3. The van der Waals surface area contributed by atoms with Crippen molar-refractivity contribution in [1.29, 1.82) is 0 Å². The Bertz CT molecular complexity index is 709. The standard InChI is InChI=1S/C17H17FN2O/c18-16-6-5-15(13-3-1-2-4-14(13)16)17(21)20-11-12-7-9-19-10-8-12/h1-7,19H,8-11H2,(H,20,21). The molecule has 0 atom stereocenters. The van der Waals surface area contributed by atoms with Crippen LogP contribution in [0.1, 0.15) is 16.8 Å². The van der Waals surface area contributed by atoms with Gasteiger partial charge in [0.1, 0.15) is 5.82 Å². The van der Waals surface area contributed by atoms with Crippen LogP contribution in [0.15, 0.2) is 48.0 Å². The molecule has 0 bridgehead atoms. The smallest absolute Gasteiger partial charge is 0.252 e. The third kappa shape index (κ3) is 2.95. The van der Waals surface area contributed by atoms with Gasteiger partial charge in [0.15, 0.2) is 0 Å². The highest BCUT2D eigenvalue weighted by Crippen LogP contribution is 2.21. The zero-order valence-electron chi connectivity index (χ0n) is 11.7. The van der Waals surface area contributed by atoms with E-state index in [2.05, 4.69) is 16.7 Å². The predicted octanol–water partition coefficient (Wildman–Crippen LogP) is 2.63. The van der Waals surface area contributed by atoms with E-state index in [1.165, 1.54) is 11.6 Å². The lowest BCUT2D eigenvalue weighted by Crippen LogP contribution is -2.29. The summed E-state index contributed by atoms with van der Waals surface area (Å²) in [5.74, 6) is -0.464. The Balaban J connectivity index is 1.81. The van der Waals surface area contributed by atoms with E-state index in [-0.39, 0.29) is 11.7 Å². The Hall–Kier alpha value is -2.20. The molecule has 0 spiro atoms. The van der Waals surface area contributed by atoms with Crippen LogP contribution in [0.5, 0.6) is 0 Å². The maximum absolute atomic E-state index is 13.8. The van der Waals surface area contributed by atoms with Gasteiger partial charge in [0.25, 0.3) is 5.91 Å². The van der Waals surface area contributed by atoms with Crippen LogP contribution < -0.4 is 10.6 Å². The van der Waals surface area contributed by atoms with Crippen LogP contribution in [0.25, 0.3) is 10.8 Å². The van der Waals surface area contributed by atoms with Crippen molar-refractivity contribution in [1.82, 2.24) is 10.6 Å². The monoisotopic (exact) mass is 284 g/mol. The van der Waals surface area contributed by atoms with Gasteiger partial charge in [-0.1, -0.05) is 35.9 Å². The summed E-state index contributed by atoms with van der Waals surface area (Å²) in [5, 5.41) is 7.28. The highest BCUT2D eigenvalue weighted by molar-refractivity contribution is 6.07. The lowest BCUT2D eigenvalue weighted by Gasteiger charge is -2.15. The van der Waals surface area contributed by atoms with Gasteiger partial charge in [-0.3, -0.25) is 4.79 Å². The molecule has 0 fully saturated rings. The third-order valence-electron chi connectivity index (χ3n) is 3.75. The lowest BCUT2D eigenvalue weighted by molar-refractivity contribution is 0.0958. The molecular formula is C17H17FN2O. The van der Waals surface area contributed by atoms with E-state index in [0.717, 1.165) is 19.5 Å². The zero-order valence-corrected chi connectivity index (χ0v) is 11.7. The molecule has 2 aromatic rings. The number of amides is 1. The quantitative estimate of drug-likeness (QED) is 0.851. The molecule has 21 heavy (non-hydrogen) atoms. The minimum atomic E-state index is -0.303. The number of hydrogen-bond donors (Lipinski definition) is 2. The van der Waals surface area contributed by atoms with Crippen molar-refractivity contribution in [2.24, 2.45) is 0 Å². The molecule has 1 amide bonds. The van der Waals surface area contributed by atoms with E-state index in [0.29, 0.717) is 22.9 Å². The third-order valence-corrected chi connectivity index (χ3v) is 3.75. The molecule has 0 radical (unpaired) electrons. The summed E-state index contributed by atoms with van der Waals surface area (Å²) in [6.45, 7) is 2.35. The summed E-state index contributed by atoms with van der Waals surface area (Å²) < 4.78 is 13.8. The summed E-state index contributed by atoms with van der Waals surface area (Å²) in [7, 11) is 0. The molecule has 1 aliphatic heterocycles.